The fraction of sp³-hybridized carbons (Fsp3) is 0.538. The van der Waals surface area contributed by atoms with E-state index in [0.717, 1.165) is 6.42 Å². The Bertz CT molecular complexity index is 297. The van der Waals surface area contributed by atoms with E-state index in [1.54, 1.807) is 0 Å². The Balaban J connectivity index is 2.78. The minimum atomic E-state index is 0.0471. The van der Waals surface area contributed by atoms with Gasteiger partial charge in [0, 0.05) is 6.61 Å². The molecule has 3 nitrogen and oxygen atoms in total. The van der Waals surface area contributed by atoms with E-state index in [1.165, 1.54) is 11.1 Å². The molecule has 1 rings (SSSR count). The fourth-order valence-corrected chi connectivity index (χ4v) is 1.82. The van der Waals surface area contributed by atoms with Crippen LogP contribution in [-0.4, -0.2) is 12.7 Å². The van der Waals surface area contributed by atoms with Gasteiger partial charge in [-0.2, -0.15) is 0 Å². The van der Waals surface area contributed by atoms with Gasteiger partial charge in [-0.3, -0.25) is 11.3 Å². The summed E-state index contributed by atoms with van der Waals surface area (Å²) in [6, 6.07) is 8.54. The van der Waals surface area contributed by atoms with Gasteiger partial charge in [0.25, 0.3) is 0 Å². The lowest BCUT2D eigenvalue weighted by Gasteiger charge is -2.23. The molecule has 0 fully saturated rings. The van der Waals surface area contributed by atoms with Gasteiger partial charge < -0.3 is 4.74 Å². The summed E-state index contributed by atoms with van der Waals surface area (Å²) < 4.78 is 5.56. The van der Waals surface area contributed by atoms with Crippen LogP contribution in [0.15, 0.2) is 24.3 Å². The highest BCUT2D eigenvalue weighted by molar-refractivity contribution is 5.25. The molecule has 0 spiro atoms. The second kappa shape index (κ2) is 6.63. The molecule has 0 aliphatic carbocycles. The van der Waals surface area contributed by atoms with Crippen molar-refractivity contribution in [1.29, 1.82) is 0 Å². The normalized spacial score (nSPS) is 14.8. The maximum atomic E-state index is 5.58. The second-order valence-electron chi connectivity index (χ2n) is 3.90. The lowest BCUT2D eigenvalue weighted by Crippen LogP contribution is -2.36. The summed E-state index contributed by atoms with van der Waals surface area (Å²) in [5, 5.41) is 0. The SMILES string of the molecule is CCOC(C)C(NN)c1ccc(CC)cc1. The van der Waals surface area contributed by atoms with Crippen LogP contribution in [0.4, 0.5) is 0 Å². The van der Waals surface area contributed by atoms with Gasteiger partial charge in [-0.05, 0) is 31.4 Å². The van der Waals surface area contributed by atoms with Gasteiger partial charge in [0.15, 0.2) is 0 Å². The maximum Gasteiger partial charge on any atom is 0.0754 e. The van der Waals surface area contributed by atoms with E-state index in [9.17, 15) is 0 Å². The smallest absolute Gasteiger partial charge is 0.0754 e. The van der Waals surface area contributed by atoms with Crippen LogP contribution in [0, 0.1) is 0 Å². The van der Waals surface area contributed by atoms with Crippen LogP contribution in [0.2, 0.25) is 0 Å². The molecule has 1 aromatic carbocycles. The third-order valence-electron chi connectivity index (χ3n) is 2.83. The Hall–Kier alpha value is -0.900. The molecule has 0 aromatic heterocycles. The number of hydrogen-bond acceptors (Lipinski definition) is 3. The van der Waals surface area contributed by atoms with Crippen molar-refractivity contribution < 1.29 is 4.74 Å². The Labute approximate surface area is 98.0 Å². The number of benzene rings is 1. The van der Waals surface area contributed by atoms with E-state index in [0.29, 0.717) is 6.61 Å². The predicted octanol–water partition coefficient (Wildman–Crippen LogP) is 2.18. The molecule has 0 saturated heterocycles. The summed E-state index contributed by atoms with van der Waals surface area (Å²) in [5.41, 5.74) is 5.32. The number of hydrazine groups is 1. The topological polar surface area (TPSA) is 47.3 Å². The Morgan fingerprint density at radius 1 is 1.25 bits per heavy atom. The van der Waals surface area contributed by atoms with Crippen LogP contribution in [0.3, 0.4) is 0 Å². The molecule has 1 aromatic rings. The predicted molar refractivity (Wildman–Crippen MR) is 67.0 cm³/mol. The van der Waals surface area contributed by atoms with Gasteiger partial charge >= 0.3 is 0 Å². The third kappa shape index (κ3) is 3.30. The van der Waals surface area contributed by atoms with E-state index in [1.807, 2.05) is 13.8 Å². The van der Waals surface area contributed by atoms with Crippen molar-refractivity contribution >= 4 is 0 Å². The van der Waals surface area contributed by atoms with Crippen molar-refractivity contribution in [1.82, 2.24) is 5.43 Å². The van der Waals surface area contributed by atoms with Gasteiger partial charge in [0.2, 0.25) is 0 Å². The third-order valence-corrected chi connectivity index (χ3v) is 2.83. The average molecular weight is 222 g/mol. The number of nitrogens with one attached hydrogen (secondary N) is 1. The molecule has 0 bridgehead atoms. The zero-order chi connectivity index (χ0) is 12.0. The van der Waals surface area contributed by atoms with Crippen molar-refractivity contribution in [2.75, 3.05) is 6.61 Å². The molecule has 0 amide bonds. The highest BCUT2D eigenvalue weighted by Gasteiger charge is 2.17. The molecule has 0 radical (unpaired) electrons. The van der Waals surface area contributed by atoms with Gasteiger partial charge in [0.05, 0.1) is 12.1 Å². The Morgan fingerprint density at radius 2 is 1.88 bits per heavy atom. The minimum Gasteiger partial charge on any atom is -0.377 e. The second-order valence-corrected chi connectivity index (χ2v) is 3.90. The van der Waals surface area contributed by atoms with Gasteiger partial charge in [-0.15, -0.1) is 0 Å². The van der Waals surface area contributed by atoms with Crippen molar-refractivity contribution in [2.24, 2.45) is 5.84 Å². The highest BCUT2D eigenvalue weighted by atomic mass is 16.5. The zero-order valence-electron chi connectivity index (χ0n) is 10.4. The van der Waals surface area contributed by atoms with E-state index < -0.39 is 0 Å². The number of aryl methyl sites for hydroxylation is 1. The zero-order valence-corrected chi connectivity index (χ0v) is 10.4. The number of ether oxygens (including phenoxy) is 1. The first kappa shape index (κ1) is 13.2. The van der Waals surface area contributed by atoms with Crippen LogP contribution in [0.5, 0.6) is 0 Å². The van der Waals surface area contributed by atoms with E-state index in [-0.39, 0.29) is 12.1 Å². The summed E-state index contributed by atoms with van der Waals surface area (Å²) >= 11 is 0. The lowest BCUT2D eigenvalue weighted by atomic mass is 10.0. The fourth-order valence-electron chi connectivity index (χ4n) is 1.82. The molecular weight excluding hydrogens is 200 g/mol. The molecule has 3 heteroatoms. The number of rotatable bonds is 6. The van der Waals surface area contributed by atoms with Crippen LogP contribution in [0.25, 0.3) is 0 Å². The number of hydrogen-bond donors (Lipinski definition) is 2. The molecule has 0 aliphatic heterocycles. The van der Waals surface area contributed by atoms with Gasteiger partial charge in [-0.1, -0.05) is 31.2 Å². The standard InChI is InChI=1S/C13H22N2O/c1-4-11-6-8-12(9-7-11)13(15-14)10(3)16-5-2/h6-10,13,15H,4-5,14H2,1-3H3. The molecule has 16 heavy (non-hydrogen) atoms. The number of nitrogens with two attached hydrogens (primary N) is 1. The summed E-state index contributed by atoms with van der Waals surface area (Å²) in [6.45, 7) is 6.87. The molecular formula is C13H22N2O. The van der Waals surface area contributed by atoms with Crippen molar-refractivity contribution in [2.45, 2.75) is 39.3 Å². The quantitative estimate of drug-likeness (QED) is 0.573. The first-order chi connectivity index (χ1) is 7.72. The molecule has 2 unspecified atom stereocenters. The summed E-state index contributed by atoms with van der Waals surface area (Å²) in [5.74, 6) is 5.58. The monoisotopic (exact) mass is 222 g/mol. The molecule has 0 saturated carbocycles. The summed E-state index contributed by atoms with van der Waals surface area (Å²) in [7, 11) is 0. The molecule has 0 heterocycles. The van der Waals surface area contributed by atoms with E-state index in [2.05, 4.69) is 36.6 Å². The average Bonchev–Trinajstić information content (AvgIpc) is 2.31. The Morgan fingerprint density at radius 3 is 2.31 bits per heavy atom. The maximum absolute atomic E-state index is 5.58. The molecule has 90 valence electrons. The lowest BCUT2D eigenvalue weighted by molar-refractivity contribution is 0.0472. The summed E-state index contributed by atoms with van der Waals surface area (Å²) in [4.78, 5) is 0. The van der Waals surface area contributed by atoms with Crippen LogP contribution < -0.4 is 11.3 Å². The van der Waals surface area contributed by atoms with Crippen molar-refractivity contribution in [3.63, 3.8) is 0 Å². The summed E-state index contributed by atoms with van der Waals surface area (Å²) in [6.07, 6.45) is 1.13. The van der Waals surface area contributed by atoms with Crippen molar-refractivity contribution in [3.8, 4) is 0 Å². The van der Waals surface area contributed by atoms with Crippen molar-refractivity contribution in [3.05, 3.63) is 35.4 Å². The molecule has 0 aliphatic rings. The van der Waals surface area contributed by atoms with E-state index in [4.69, 9.17) is 10.6 Å². The first-order valence-corrected chi connectivity index (χ1v) is 5.89. The Kier molecular flexibility index (Phi) is 5.46. The van der Waals surface area contributed by atoms with Crippen LogP contribution in [0.1, 0.15) is 37.9 Å². The van der Waals surface area contributed by atoms with Gasteiger partial charge in [-0.25, -0.2) is 0 Å². The highest BCUT2D eigenvalue weighted by Crippen LogP contribution is 2.19. The van der Waals surface area contributed by atoms with E-state index >= 15 is 0 Å². The van der Waals surface area contributed by atoms with Crippen LogP contribution in [-0.2, 0) is 11.2 Å². The first-order valence-electron chi connectivity index (χ1n) is 5.89. The molecule has 3 N–H and O–H groups in total. The van der Waals surface area contributed by atoms with Gasteiger partial charge in [0.1, 0.15) is 0 Å². The largest absolute Gasteiger partial charge is 0.377 e. The minimum absolute atomic E-state index is 0.0471. The van der Waals surface area contributed by atoms with Crippen LogP contribution >= 0.6 is 0 Å². The molecule has 2 atom stereocenters.